The number of hydrogen-bond acceptors (Lipinski definition) is 6. The highest BCUT2D eigenvalue weighted by molar-refractivity contribution is 7.21. The molecule has 0 unspecified atom stereocenters. The third-order valence-electron chi connectivity index (χ3n) is 4.25. The fourth-order valence-electron chi connectivity index (χ4n) is 2.64. The van der Waals surface area contributed by atoms with Crippen LogP contribution in [0.25, 0.3) is 10.1 Å². The maximum atomic E-state index is 13.5. The van der Waals surface area contributed by atoms with Crippen molar-refractivity contribution >= 4 is 62.4 Å². The van der Waals surface area contributed by atoms with Gasteiger partial charge in [-0.15, -0.1) is 11.3 Å². The maximum absolute atomic E-state index is 13.5. The van der Waals surface area contributed by atoms with Gasteiger partial charge in [0.2, 0.25) is 5.91 Å². The average molecular weight is 514 g/mol. The number of carbonyl (C=O) groups is 4. The zero-order chi connectivity index (χ0) is 24.8. The van der Waals surface area contributed by atoms with Gasteiger partial charge in [0.15, 0.2) is 24.1 Å². The van der Waals surface area contributed by atoms with Gasteiger partial charge in [0.1, 0.15) is 11.4 Å². The van der Waals surface area contributed by atoms with Crippen LogP contribution in [0.3, 0.4) is 0 Å². The Morgan fingerprint density at radius 1 is 0.912 bits per heavy atom. The number of esters is 1. The Bertz CT molecular complexity index is 1280. The molecule has 0 aliphatic heterocycles. The summed E-state index contributed by atoms with van der Waals surface area (Å²) in [7, 11) is 0. The molecule has 13 heteroatoms. The molecular formula is C21H15ClF3N3O5S. The first-order valence-electron chi connectivity index (χ1n) is 9.48. The summed E-state index contributed by atoms with van der Waals surface area (Å²) in [5.74, 6) is -8.08. The van der Waals surface area contributed by atoms with Crippen LogP contribution in [-0.4, -0.2) is 43.4 Å². The maximum Gasteiger partial charge on any atom is 0.325 e. The summed E-state index contributed by atoms with van der Waals surface area (Å²) in [6.45, 7) is -1.95. The van der Waals surface area contributed by atoms with Crippen LogP contribution in [0.5, 0.6) is 0 Å². The fourth-order valence-corrected chi connectivity index (χ4v) is 4.07. The van der Waals surface area contributed by atoms with E-state index in [4.69, 9.17) is 16.3 Å². The summed E-state index contributed by atoms with van der Waals surface area (Å²) in [5, 5.41) is 7.36. The second-order valence-corrected chi connectivity index (χ2v) is 8.06. The highest BCUT2D eigenvalue weighted by Crippen LogP contribution is 2.34. The van der Waals surface area contributed by atoms with Crippen LogP contribution >= 0.6 is 22.9 Å². The van der Waals surface area contributed by atoms with Crippen molar-refractivity contribution in [3.63, 3.8) is 0 Å². The summed E-state index contributed by atoms with van der Waals surface area (Å²) < 4.78 is 45.1. The minimum Gasteiger partial charge on any atom is -0.454 e. The van der Waals surface area contributed by atoms with Gasteiger partial charge in [-0.05, 0) is 18.2 Å². The lowest BCUT2D eigenvalue weighted by molar-refractivity contribution is -0.147. The summed E-state index contributed by atoms with van der Waals surface area (Å²) in [6, 6.07) is 8.56. The highest BCUT2D eigenvalue weighted by Gasteiger charge is 2.19. The SMILES string of the molecule is O=C(COC(=O)CNC(=O)c1sc2ccccc2c1Cl)NCC(=O)Nc1ccc(F)c(F)c1F. The van der Waals surface area contributed by atoms with E-state index in [1.807, 2.05) is 5.32 Å². The predicted molar refractivity (Wildman–Crippen MR) is 118 cm³/mol. The number of halogens is 4. The quantitative estimate of drug-likeness (QED) is 0.316. The number of amides is 3. The van der Waals surface area contributed by atoms with Crippen LogP contribution in [0.2, 0.25) is 5.02 Å². The Morgan fingerprint density at radius 3 is 2.38 bits per heavy atom. The number of rotatable bonds is 8. The van der Waals surface area contributed by atoms with Gasteiger partial charge in [-0.25, -0.2) is 13.2 Å². The molecule has 0 aliphatic rings. The smallest absolute Gasteiger partial charge is 0.325 e. The monoisotopic (exact) mass is 513 g/mol. The number of benzene rings is 2. The molecular weight excluding hydrogens is 499 g/mol. The Labute approximate surface area is 199 Å². The van der Waals surface area contributed by atoms with Crippen LogP contribution < -0.4 is 16.0 Å². The fraction of sp³-hybridized carbons (Fsp3) is 0.143. The van der Waals surface area contributed by atoms with Crippen molar-refractivity contribution in [2.24, 2.45) is 0 Å². The van der Waals surface area contributed by atoms with Crippen LogP contribution in [0.1, 0.15) is 9.67 Å². The lowest BCUT2D eigenvalue weighted by atomic mass is 10.2. The first kappa shape index (κ1) is 25.0. The molecule has 34 heavy (non-hydrogen) atoms. The van der Waals surface area contributed by atoms with Gasteiger partial charge in [0, 0.05) is 10.1 Å². The molecule has 0 saturated carbocycles. The number of nitrogens with one attached hydrogen (secondary N) is 3. The molecule has 3 aromatic rings. The van der Waals surface area contributed by atoms with Gasteiger partial charge in [-0.3, -0.25) is 19.2 Å². The van der Waals surface area contributed by atoms with Crippen molar-refractivity contribution in [3.05, 3.63) is 63.7 Å². The molecule has 178 valence electrons. The molecule has 3 amide bonds. The second-order valence-electron chi connectivity index (χ2n) is 6.63. The molecule has 0 saturated heterocycles. The van der Waals surface area contributed by atoms with Gasteiger partial charge in [-0.2, -0.15) is 0 Å². The van der Waals surface area contributed by atoms with Gasteiger partial charge >= 0.3 is 5.97 Å². The third-order valence-corrected chi connectivity index (χ3v) is 5.93. The predicted octanol–water partition coefficient (Wildman–Crippen LogP) is 3.00. The zero-order valence-electron chi connectivity index (χ0n) is 17.0. The normalized spacial score (nSPS) is 10.6. The molecule has 1 heterocycles. The first-order chi connectivity index (χ1) is 16.2. The van der Waals surface area contributed by atoms with E-state index in [0.29, 0.717) is 11.5 Å². The lowest BCUT2D eigenvalue weighted by Gasteiger charge is -2.09. The Morgan fingerprint density at radius 2 is 1.65 bits per heavy atom. The minimum absolute atomic E-state index is 0.219. The highest BCUT2D eigenvalue weighted by atomic mass is 35.5. The van der Waals surface area contributed by atoms with E-state index in [1.165, 1.54) is 0 Å². The largest absolute Gasteiger partial charge is 0.454 e. The number of carbonyl (C=O) groups excluding carboxylic acids is 4. The third kappa shape index (κ3) is 6.02. The summed E-state index contributed by atoms with van der Waals surface area (Å²) in [5.41, 5.74) is -0.612. The molecule has 0 spiro atoms. The lowest BCUT2D eigenvalue weighted by Crippen LogP contribution is -2.37. The Hall–Kier alpha value is -3.64. The van der Waals surface area contributed by atoms with E-state index in [1.54, 1.807) is 24.3 Å². The molecule has 0 bridgehead atoms. The van der Waals surface area contributed by atoms with Crippen molar-refractivity contribution in [1.29, 1.82) is 0 Å². The van der Waals surface area contributed by atoms with Crippen molar-refractivity contribution in [1.82, 2.24) is 10.6 Å². The molecule has 8 nitrogen and oxygen atoms in total. The molecule has 3 N–H and O–H groups in total. The van der Waals surface area contributed by atoms with E-state index < -0.39 is 66.5 Å². The molecule has 2 aromatic carbocycles. The van der Waals surface area contributed by atoms with Gasteiger partial charge in [0.05, 0.1) is 17.3 Å². The van der Waals surface area contributed by atoms with Crippen molar-refractivity contribution < 1.29 is 37.1 Å². The first-order valence-corrected chi connectivity index (χ1v) is 10.7. The summed E-state index contributed by atoms with van der Waals surface area (Å²) in [6.07, 6.45) is 0. The average Bonchev–Trinajstić information content (AvgIpc) is 3.17. The van der Waals surface area contributed by atoms with Crippen LogP contribution in [0.4, 0.5) is 18.9 Å². The van der Waals surface area contributed by atoms with Gasteiger partial charge < -0.3 is 20.7 Å². The number of anilines is 1. The summed E-state index contributed by atoms with van der Waals surface area (Å²) >= 11 is 7.35. The van der Waals surface area contributed by atoms with Crippen molar-refractivity contribution in [2.75, 3.05) is 25.0 Å². The van der Waals surface area contributed by atoms with Crippen LogP contribution in [0.15, 0.2) is 36.4 Å². The Balaban J connectivity index is 1.39. The van der Waals surface area contributed by atoms with Crippen molar-refractivity contribution in [2.45, 2.75) is 0 Å². The molecule has 0 atom stereocenters. The topological polar surface area (TPSA) is 114 Å². The number of hydrogen-bond donors (Lipinski definition) is 3. The van der Waals surface area contributed by atoms with Gasteiger partial charge in [-0.1, -0.05) is 29.8 Å². The van der Waals surface area contributed by atoms with Crippen molar-refractivity contribution in [3.8, 4) is 0 Å². The van der Waals surface area contributed by atoms with E-state index in [2.05, 4.69) is 10.6 Å². The van der Waals surface area contributed by atoms with E-state index in [0.717, 1.165) is 22.1 Å². The van der Waals surface area contributed by atoms with Crippen LogP contribution in [0, 0.1) is 17.5 Å². The molecule has 0 fully saturated rings. The molecule has 0 aliphatic carbocycles. The van der Waals surface area contributed by atoms with Crippen LogP contribution in [-0.2, 0) is 19.1 Å². The minimum atomic E-state index is -1.75. The Kier molecular flexibility index (Phi) is 8.08. The van der Waals surface area contributed by atoms with E-state index >= 15 is 0 Å². The number of ether oxygens (including phenoxy) is 1. The molecule has 3 rings (SSSR count). The second kappa shape index (κ2) is 11.0. The van der Waals surface area contributed by atoms with E-state index in [-0.39, 0.29) is 9.90 Å². The standard InChI is InChI=1S/C21H15ClF3N3O5S/c22-17-10-3-1-2-4-13(10)34-20(17)21(32)27-8-16(31)33-9-15(30)26-7-14(29)28-12-6-5-11(23)18(24)19(12)25/h1-6H,7-9H2,(H,26,30)(H,27,32)(H,28,29). The number of fused-ring (bicyclic) bond motifs is 1. The number of thiophene rings is 1. The van der Waals surface area contributed by atoms with Gasteiger partial charge in [0.25, 0.3) is 11.8 Å². The van der Waals surface area contributed by atoms with E-state index in [9.17, 15) is 32.3 Å². The zero-order valence-corrected chi connectivity index (χ0v) is 18.6. The summed E-state index contributed by atoms with van der Waals surface area (Å²) in [4.78, 5) is 47.7. The molecule has 1 aromatic heterocycles. The molecule has 0 radical (unpaired) electrons.